The summed E-state index contributed by atoms with van der Waals surface area (Å²) < 4.78 is 44.5. The zero-order valence-electron chi connectivity index (χ0n) is 19.7. The van der Waals surface area contributed by atoms with Crippen LogP contribution >= 0.6 is 0 Å². The Morgan fingerprint density at radius 1 is 0.946 bits per heavy atom. The van der Waals surface area contributed by atoms with Crippen molar-refractivity contribution in [2.45, 2.75) is 18.6 Å². The van der Waals surface area contributed by atoms with E-state index in [9.17, 15) is 22.8 Å². The fourth-order valence-electron chi connectivity index (χ4n) is 5.47. The second-order valence-corrected chi connectivity index (χ2v) is 9.65. The lowest BCUT2D eigenvalue weighted by molar-refractivity contribution is -0.137. The number of hydrogen-bond donors (Lipinski definition) is 1. The molecule has 2 aliphatic rings. The molecule has 1 N–H and O–H groups in total. The fourth-order valence-corrected chi connectivity index (χ4v) is 5.47. The third-order valence-electron chi connectivity index (χ3n) is 7.46. The monoisotopic (exact) mass is 504 g/mol. The van der Waals surface area contributed by atoms with E-state index in [4.69, 9.17) is 4.42 Å². The van der Waals surface area contributed by atoms with Gasteiger partial charge in [0, 0.05) is 24.0 Å². The maximum atomic E-state index is 13.7. The Labute approximate surface area is 210 Å². The molecule has 1 aromatic heterocycles. The summed E-state index contributed by atoms with van der Waals surface area (Å²) in [7, 11) is 0. The highest BCUT2D eigenvalue weighted by Crippen LogP contribution is 2.50. The molecule has 6 rings (SSSR count). The summed E-state index contributed by atoms with van der Waals surface area (Å²) in [5.41, 5.74) is 1.97. The molecular formula is C29H23F3N2O3. The second-order valence-electron chi connectivity index (χ2n) is 9.65. The normalized spacial score (nSPS) is 20.6. The van der Waals surface area contributed by atoms with Crippen molar-refractivity contribution in [3.8, 4) is 11.1 Å². The van der Waals surface area contributed by atoms with Gasteiger partial charge < -0.3 is 14.6 Å². The second kappa shape index (κ2) is 8.80. The summed E-state index contributed by atoms with van der Waals surface area (Å²) in [6, 6.07) is 18.7. The summed E-state index contributed by atoms with van der Waals surface area (Å²) in [6.45, 7) is 0.922. The molecule has 1 aliphatic carbocycles. The van der Waals surface area contributed by atoms with Gasteiger partial charge in [-0.1, -0.05) is 36.4 Å². The number of fused-ring (bicyclic) bond motifs is 2. The molecule has 0 bridgehead atoms. The van der Waals surface area contributed by atoms with Gasteiger partial charge in [-0.3, -0.25) is 9.59 Å². The van der Waals surface area contributed by atoms with Crippen molar-refractivity contribution in [1.82, 2.24) is 10.2 Å². The first-order valence-electron chi connectivity index (χ1n) is 12.1. The molecule has 3 aromatic carbocycles. The van der Waals surface area contributed by atoms with Crippen LogP contribution in [-0.4, -0.2) is 35.8 Å². The van der Waals surface area contributed by atoms with E-state index in [1.165, 1.54) is 12.1 Å². The predicted octanol–water partition coefficient (Wildman–Crippen LogP) is 6.01. The SMILES string of the molecule is O=C(NC[C@@H]1[C@@H]2C[C@@H]2CN1C(=O)c1ccccc1-c1ccc(C(F)(F)F)cc1)c1cccc2occc12. The Morgan fingerprint density at radius 3 is 2.49 bits per heavy atom. The molecule has 2 amide bonds. The number of likely N-dealkylation sites (tertiary alicyclic amines) is 1. The van der Waals surface area contributed by atoms with Crippen molar-refractivity contribution >= 4 is 22.8 Å². The van der Waals surface area contributed by atoms with E-state index in [2.05, 4.69) is 5.32 Å². The van der Waals surface area contributed by atoms with Gasteiger partial charge in [-0.25, -0.2) is 0 Å². The molecule has 1 saturated carbocycles. The quantitative estimate of drug-likeness (QED) is 0.362. The van der Waals surface area contributed by atoms with E-state index >= 15 is 0 Å². The number of nitrogens with zero attached hydrogens (tertiary/aromatic N) is 1. The van der Waals surface area contributed by atoms with Gasteiger partial charge in [0.2, 0.25) is 0 Å². The van der Waals surface area contributed by atoms with Crippen molar-refractivity contribution in [3.05, 3.63) is 95.7 Å². The summed E-state index contributed by atoms with van der Waals surface area (Å²) in [4.78, 5) is 28.5. The molecule has 0 radical (unpaired) electrons. The van der Waals surface area contributed by atoms with Crippen LogP contribution in [0, 0.1) is 11.8 Å². The highest BCUT2D eigenvalue weighted by molar-refractivity contribution is 6.06. The van der Waals surface area contributed by atoms with Crippen LogP contribution < -0.4 is 5.32 Å². The predicted molar refractivity (Wildman–Crippen MR) is 132 cm³/mol. The Kier molecular flexibility index (Phi) is 5.55. The van der Waals surface area contributed by atoms with Gasteiger partial charge in [0.05, 0.1) is 23.4 Å². The molecule has 8 heteroatoms. The molecule has 2 fully saturated rings. The van der Waals surface area contributed by atoms with Crippen molar-refractivity contribution in [2.75, 3.05) is 13.1 Å². The average molecular weight is 505 g/mol. The number of halogens is 3. The molecule has 0 spiro atoms. The van der Waals surface area contributed by atoms with Crippen LogP contribution in [0.15, 0.2) is 83.5 Å². The van der Waals surface area contributed by atoms with Crippen molar-refractivity contribution in [1.29, 1.82) is 0 Å². The third kappa shape index (κ3) is 4.26. The minimum Gasteiger partial charge on any atom is -0.464 e. The van der Waals surface area contributed by atoms with Crippen LogP contribution in [0.2, 0.25) is 0 Å². The maximum Gasteiger partial charge on any atom is 0.416 e. The summed E-state index contributed by atoms with van der Waals surface area (Å²) in [5, 5.41) is 3.73. The molecule has 37 heavy (non-hydrogen) atoms. The van der Waals surface area contributed by atoms with Crippen LogP contribution in [0.1, 0.15) is 32.7 Å². The van der Waals surface area contributed by atoms with Crippen molar-refractivity contribution in [3.63, 3.8) is 0 Å². The molecule has 4 aromatic rings. The molecule has 5 nitrogen and oxygen atoms in total. The van der Waals surface area contributed by atoms with Crippen molar-refractivity contribution in [2.24, 2.45) is 11.8 Å². The topological polar surface area (TPSA) is 62.6 Å². The molecule has 0 unspecified atom stereocenters. The molecule has 188 valence electrons. The lowest BCUT2D eigenvalue weighted by Gasteiger charge is -2.29. The molecule has 1 aliphatic heterocycles. The van der Waals surface area contributed by atoms with E-state index in [0.29, 0.717) is 52.8 Å². The van der Waals surface area contributed by atoms with Crippen LogP contribution in [-0.2, 0) is 6.18 Å². The summed E-state index contributed by atoms with van der Waals surface area (Å²) in [5.74, 6) is 0.320. The zero-order chi connectivity index (χ0) is 25.7. The minimum atomic E-state index is -4.43. The first-order chi connectivity index (χ1) is 17.8. The van der Waals surface area contributed by atoms with E-state index < -0.39 is 11.7 Å². The van der Waals surface area contributed by atoms with Gasteiger partial charge >= 0.3 is 6.18 Å². The largest absolute Gasteiger partial charge is 0.464 e. The Hall–Kier alpha value is -4.07. The van der Waals surface area contributed by atoms with Gasteiger partial charge in [-0.15, -0.1) is 0 Å². The molecular weight excluding hydrogens is 481 g/mol. The first kappa shape index (κ1) is 23.3. The van der Waals surface area contributed by atoms with Gasteiger partial charge in [-0.2, -0.15) is 13.2 Å². The van der Waals surface area contributed by atoms with Gasteiger partial charge in [0.15, 0.2) is 0 Å². The van der Waals surface area contributed by atoms with Gasteiger partial charge in [0.25, 0.3) is 11.8 Å². The number of rotatable bonds is 5. The standard InChI is InChI=1S/C29H23F3N2O3/c30-29(31,32)19-10-8-17(9-11-19)20-4-1-2-5-23(20)28(36)34-16-18-14-24(18)25(34)15-33-27(35)22-6-3-7-26-21(22)12-13-37-26/h1-13,18,24-25H,14-16H2,(H,33,35)/t18-,24-,25-/m1/s1. The Morgan fingerprint density at radius 2 is 1.70 bits per heavy atom. The number of hydrogen-bond acceptors (Lipinski definition) is 3. The first-order valence-corrected chi connectivity index (χ1v) is 12.1. The number of benzene rings is 3. The molecule has 2 heterocycles. The number of carbonyl (C=O) groups is 2. The highest BCUT2D eigenvalue weighted by Gasteiger charge is 2.54. The average Bonchev–Trinajstić information content (AvgIpc) is 3.33. The molecule has 1 saturated heterocycles. The van der Waals surface area contributed by atoms with Crippen LogP contribution in [0.4, 0.5) is 13.2 Å². The Bertz CT molecular complexity index is 1490. The smallest absolute Gasteiger partial charge is 0.416 e. The summed E-state index contributed by atoms with van der Waals surface area (Å²) >= 11 is 0. The minimum absolute atomic E-state index is 0.148. The zero-order valence-corrected chi connectivity index (χ0v) is 19.7. The summed E-state index contributed by atoms with van der Waals surface area (Å²) in [6.07, 6.45) is -1.87. The van der Waals surface area contributed by atoms with Gasteiger partial charge in [-0.05, 0) is 65.8 Å². The number of carbonyl (C=O) groups excluding carboxylic acids is 2. The number of alkyl halides is 3. The third-order valence-corrected chi connectivity index (χ3v) is 7.46. The number of amides is 2. The Balaban J connectivity index is 1.22. The van der Waals surface area contributed by atoms with E-state index in [1.54, 1.807) is 59.7 Å². The van der Waals surface area contributed by atoms with Gasteiger partial charge in [0.1, 0.15) is 5.58 Å². The van der Waals surface area contributed by atoms with E-state index in [0.717, 1.165) is 23.9 Å². The number of piperidine rings is 1. The lowest BCUT2D eigenvalue weighted by Crippen LogP contribution is -2.45. The van der Waals surface area contributed by atoms with Crippen LogP contribution in [0.5, 0.6) is 0 Å². The lowest BCUT2D eigenvalue weighted by atomic mass is 9.97. The van der Waals surface area contributed by atoms with E-state index in [-0.39, 0.29) is 17.9 Å². The molecule has 3 atom stereocenters. The maximum absolute atomic E-state index is 13.7. The highest BCUT2D eigenvalue weighted by atomic mass is 19.4. The van der Waals surface area contributed by atoms with Crippen LogP contribution in [0.25, 0.3) is 22.1 Å². The fraction of sp³-hybridized carbons (Fsp3) is 0.241. The van der Waals surface area contributed by atoms with E-state index in [1.807, 2.05) is 0 Å². The van der Waals surface area contributed by atoms with Crippen molar-refractivity contribution < 1.29 is 27.2 Å². The van der Waals surface area contributed by atoms with Crippen LogP contribution in [0.3, 0.4) is 0 Å². The number of furan rings is 1. The number of nitrogens with one attached hydrogen (secondary N) is 1.